The summed E-state index contributed by atoms with van der Waals surface area (Å²) in [6.07, 6.45) is 1.86. The van der Waals surface area contributed by atoms with Crippen molar-refractivity contribution in [3.63, 3.8) is 0 Å². The Morgan fingerprint density at radius 3 is 2.82 bits per heavy atom. The molecule has 0 saturated carbocycles. The average Bonchev–Trinajstić information content (AvgIpc) is 2.77. The first-order chi connectivity index (χ1) is 8.20. The number of rotatable bonds is 3. The molecule has 1 amide bonds. The molecule has 2 rings (SSSR count). The highest BCUT2D eigenvalue weighted by Crippen LogP contribution is 2.23. The van der Waals surface area contributed by atoms with Crippen molar-refractivity contribution >= 4 is 34.1 Å². The molecular formula is C10H8FN3OS2. The fourth-order valence-electron chi connectivity index (χ4n) is 1.15. The molecule has 0 saturated heterocycles. The van der Waals surface area contributed by atoms with E-state index in [9.17, 15) is 9.18 Å². The second-order valence-corrected chi connectivity index (χ2v) is 5.04. The Kier molecular flexibility index (Phi) is 3.70. The predicted octanol–water partition coefficient (Wildman–Crippen LogP) is 2.65. The van der Waals surface area contributed by atoms with E-state index in [1.807, 2.05) is 6.26 Å². The summed E-state index contributed by atoms with van der Waals surface area (Å²) in [4.78, 5) is 11.7. The monoisotopic (exact) mass is 269 g/mol. The molecular weight excluding hydrogens is 261 g/mol. The molecule has 88 valence electrons. The van der Waals surface area contributed by atoms with Crippen LogP contribution in [0.2, 0.25) is 0 Å². The van der Waals surface area contributed by atoms with Crippen LogP contribution >= 0.6 is 23.1 Å². The lowest BCUT2D eigenvalue weighted by atomic mass is 10.2. The van der Waals surface area contributed by atoms with Gasteiger partial charge in [-0.3, -0.25) is 10.1 Å². The van der Waals surface area contributed by atoms with Crippen molar-refractivity contribution < 1.29 is 9.18 Å². The molecule has 0 aliphatic carbocycles. The van der Waals surface area contributed by atoms with Gasteiger partial charge >= 0.3 is 0 Å². The first kappa shape index (κ1) is 12.0. The summed E-state index contributed by atoms with van der Waals surface area (Å²) >= 11 is 2.68. The molecule has 17 heavy (non-hydrogen) atoms. The van der Waals surface area contributed by atoms with E-state index in [1.165, 1.54) is 41.3 Å². The molecule has 0 fully saturated rings. The zero-order chi connectivity index (χ0) is 12.3. The van der Waals surface area contributed by atoms with Crippen LogP contribution in [0.1, 0.15) is 10.4 Å². The van der Waals surface area contributed by atoms with E-state index >= 15 is 0 Å². The van der Waals surface area contributed by atoms with Crippen LogP contribution in [0.5, 0.6) is 0 Å². The van der Waals surface area contributed by atoms with Gasteiger partial charge in [0.05, 0.1) is 5.56 Å². The van der Waals surface area contributed by atoms with Gasteiger partial charge in [0.15, 0.2) is 4.34 Å². The van der Waals surface area contributed by atoms with E-state index < -0.39 is 11.7 Å². The van der Waals surface area contributed by atoms with Crippen LogP contribution < -0.4 is 5.32 Å². The van der Waals surface area contributed by atoms with Crippen molar-refractivity contribution in [1.29, 1.82) is 0 Å². The van der Waals surface area contributed by atoms with E-state index in [2.05, 4.69) is 15.5 Å². The Balaban J connectivity index is 2.14. The van der Waals surface area contributed by atoms with Gasteiger partial charge in [-0.2, -0.15) is 0 Å². The minimum atomic E-state index is -0.556. The number of thioether (sulfide) groups is 1. The summed E-state index contributed by atoms with van der Waals surface area (Å²) in [6.45, 7) is 0. The second-order valence-electron chi connectivity index (χ2n) is 3.01. The summed E-state index contributed by atoms with van der Waals surface area (Å²) in [5.74, 6) is -1.08. The molecule has 0 atom stereocenters. The quantitative estimate of drug-likeness (QED) is 0.687. The Labute approximate surface area is 105 Å². The summed E-state index contributed by atoms with van der Waals surface area (Å²) in [7, 11) is 0. The number of carbonyl (C=O) groups excluding carboxylic acids is 1. The van der Waals surface area contributed by atoms with Crippen LogP contribution in [0.25, 0.3) is 0 Å². The van der Waals surface area contributed by atoms with Gasteiger partial charge in [-0.05, 0) is 18.4 Å². The van der Waals surface area contributed by atoms with Crippen molar-refractivity contribution in [3.05, 3.63) is 35.6 Å². The number of benzene rings is 1. The maximum atomic E-state index is 13.3. The third-order valence-electron chi connectivity index (χ3n) is 1.92. The Morgan fingerprint density at radius 1 is 1.41 bits per heavy atom. The number of amides is 1. The lowest BCUT2D eigenvalue weighted by Crippen LogP contribution is -2.13. The highest BCUT2D eigenvalue weighted by molar-refractivity contribution is 8.00. The van der Waals surface area contributed by atoms with Crippen LogP contribution in [0.3, 0.4) is 0 Å². The third-order valence-corrected chi connectivity index (χ3v) is 3.73. The van der Waals surface area contributed by atoms with E-state index in [-0.39, 0.29) is 5.56 Å². The predicted molar refractivity (Wildman–Crippen MR) is 66.0 cm³/mol. The van der Waals surface area contributed by atoms with E-state index in [4.69, 9.17) is 0 Å². The summed E-state index contributed by atoms with van der Waals surface area (Å²) in [6, 6.07) is 5.79. The first-order valence-corrected chi connectivity index (χ1v) is 6.68. The number of anilines is 1. The lowest BCUT2D eigenvalue weighted by molar-refractivity contribution is 0.102. The van der Waals surface area contributed by atoms with Gasteiger partial charge in [0.2, 0.25) is 5.13 Å². The number of carbonyl (C=O) groups is 1. The zero-order valence-electron chi connectivity index (χ0n) is 8.81. The lowest BCUT2D eigenvalue weighted by Gasteiger charge is -2.01. The standard InChI is InChI=1S/C10H8FN3OS2/c1-16-10-14-13-9(17-10)12-8(15)6-4-2-3-5-7(6)11/h2-5H,1H3,(H,12,13,15). The minimum absolute atomic E-state index is 0.00611. The topological polar surface area (TPSA) is 54.9 Å². The van der Waals surface area contributed by atoms with Crippen molar-refractivity contribution in [1.82, 2.24) is 10.2 Å². The highest BCUT2D eigenvalue weighted by atomic mass is 32.2. The van der Waals surface area contributed by atoms with Crippen molar-refractivity contribution in [3.8, 4) is 0 Å². The van der Waals surface area contributed by atoms with Gasteiger partial charge in [0.25, 0.3) is 5.91 Å². The number of halogens is 1. The van der Waals surface area contributed by atoms with E-state index in [0.717, 1.165) is 4.34 Å². The smallest absolute Gasteiger partial charge is 0.260 e. The van der Waals surface area contributed by atoms with Gasteiger partial charge in [0.1, 0.15) is 5.82 Å². The van der Waals surface area contributed by atoms with Crippen LogP contribution in [-0.4, -0.2) is 22.4 Å². The van der Waals surface area contributed by atoms with Crippen molar-refractivity contribution in [2.75, 3.05) is 11.6 Å². The molecule has 1 aromatic heterocycles. The second kappa shape index (κ2) is 5.24. The minimum Gasteiger partial charge on any atom is -0.296 e. The molecule has 0 radical (unpaired) electrons. The summed E-state index contributed by atoms with van der Waals surface area (Å²) in [5.41, 5.74) is -0.00611. The zero-order valence-corrected chi connectivity index (χ0v) is 10.4. The molecule has 1 aromatic carbocycles. The molecule has 0 aliphatic rings. The van der Waals surface area contributed by atoms with Crippen LogP contribution in [0.4, 0.5) is 9.52 Å². The average molecular weight is 269 g/mol. The van der Waals surface area contributed by atoms with Crippen LogP contribution in [0.15, 0.2) is 28.6 Å². The Bertz CT molecular complexity index is 544. The van der Waals surface area contributed by atoms with E-state index in [1.54, 1.807) is 6.07 Å². The normalized spacial score (nSPS) is 10.2. The number of hydrogen-bond donors (Lipinski definition) is 1. The van der Waals surface area contributed by atoms with Crippen LogP contribution in [0, 0.1) is 5.82 Å². The van der Waals surface area contributed by atoms with Gasteiger partial charge in [0, 0.05) is 0 Å². The molecule has 7 heteroatoms. The Hall–Kier alpha value is -1.47. The molecule has 1 N–H and O–H groups in total. The van der Waals surface area contributed by atoms with Gasteiger partial charge in [-0.15, -0.1) is 10.2 Å². The molecule has 0 spiro atoms. The number of nitrogens with one attached hydrogen (secondary N) is 1. The molecule has 0 bridgehead atoms. The SMILES string of the molecule is CSc1nnc(NC(=O)c2ccccc2F)s1. The highest BCUT2D eigenvalue weighted by Gasteiger charge is 2.13. The molecule has 1 heterocycles. The Morgan fingerprint density at radius 2 is 2.18 bits per heavy atom. The number of nitrogens with zero attached hydrogens (tertiary/aromatic N) is 2. The van der Waals surface area contributed by atoms with Crippen molar-refractivity contribution in [2.45, 2.75) is 4.34 Å². The maximum absolute atomic E-state index is 13.3. The van der Waals surface area contributed by atoms with Crippen molar-refractivity contribution in [2.24, 2.45) is 0 Å². The van der Waals surface area contributed by atoms with E-state index in [0.29, 0.717) is 5.13 Å². The van der Waals surface area contributed by atoms with Gasteiger partial charge in [-0.1, -0.05) is 35.2 Å². The third kappa shape index (κ3) is 2.80. The summed E-state index contributed by atoms with van der Waals surface area (Å²) in [5, 5.41) is 10.5. The molecule has 0 unspecified atom stereocenters. The fourth-order valence-corrected chi connectivity index (χ4v) is 2.32. The molecule has 2 aromatic rings. The maximum Gasteiger partial charge on any atom is 0.260 e. The van der Waals surface area contributed by atoms with Gasteiger partial charge in [-0.25, -0.2) is 4.39 Å². The number of aromatic nitrogens is 2. The van der Waals surface area contributed by atoms with Crippen LogP contribution in [-0.2, 0) is 0 Å². The summed E-state index contributed by atoms with van der Waals surface area (Å²) < 4.78 is 14.1. The first-order valence-electron chi connectivity index (χ1n) is 4.64. The fraction of sp³-hybridized carbons (Fsp3) is 0.100. The molecule has 0 aliphatic heterocycles. The molecule has 4 nitrogen and oxygen atoms in total. The largest absolute Gasteiger partial charge is 0.296 e. The van der Waals surface area contributed by atoms with Gasteiger partial charge < -0.3 is 0 Å². The number of hydrogen-bond acceptors (Lipinski definition) is 5.